The van der Waals surface area contributed by atoms with Gasteiger partial charge in [0.15, 0.2) is 4.34 Å². The summed E-state index contributed by atoms with van der Waals surface area (Å²) in [6.45, 7) is 2.05. The van der Waals surface area contributed by atoms with Gasteiger partial charge in [-0.3, -0.25) is 4.79 Å². The number of carbonyl (C=O) groups excluding carboxylic acids is 1. The summed E-state index contributed by atoms with van der Waals surface area (Å²) in [6.07, 6.45) is 0. The largest absolute Gasteiger partial charge is 0.323 e. The number of amides is 1. The molecule has 0 aliphatic heterocycles. The third-order valence-electron chi connectivity index (χ3n) is 3.38. The van der Waals surface area contributed by atoms with E-state index in [0.29, 0.717) is 15.7 Å². The van der Waals surface area contributed by atoms with Crippen molar-refractivity contribution in [3.05, 3.63) is 63.5 Å². The summed E-state index contributed by atoms with van der Waals surface area (Å²) in [5.74, 6) is 0.0645. The Hall–Kier alpha value is -1.53. The van der Waals surface area contributed by atoms with Crippen molar-refractivity contribution in [2.45, 2.75) is 11.3 Å². The first-order chi connectivity index (χ1) is 12.0. The molecule has 2 aromatic carbocycles. The summed E-state index contributed by atoms with van der Waals surface area (Å²) in [5.41, 5.74) is 3.64. The van der Waals surface area contributed by atoms with Gasteiger partial charge in [-0.15, -0.1) is 11.3 Å². The van der Waals surface area contributed by atoms with E-state index >= 15 is 0 Å². The van der Waals surface area contributed by atoms with Gasteiger partial charge in [-0.25, -0.2) is 4.98 Å². The monoisotopic (exact) mass is 408 g/mol. The fourth-order valence-corrected chi connectivity index (χ4v) is 4.23. The van der Waals surface area contributed by atoms with E-state index in [2.05, 4.69) is 29.4 Å². The number of anilines is 1. The zero-order valence-corrected chi connectivity index (χ0v) is 16.4. The molecule has 0 saturated heterocycles. The van der Waals surface area contributed by atoms with Crippen LogP contribution in [0.3, 0.4) is 0 Å². The number of thiazole rings is 1. The van der Waals surface area contributed by atoms with Crippen LogP contribution in [0.1, 0.15) is 5.56 Å². The Labute approximate surface area is 164 Å². The number of aryl methyl sites for hydroxylation is 1. The first-order valence-corrected chi connectivity index (χ1v) is 10.0. The summed E-state index contributed by atoms with van der Waals surface area (Å²) >= 11 is 15.0. The summed E-state index contributed by atoms with van der Waals surface area (Å²) in [4.78, 5) is 16.7. The lowest BCUT2D eigenvalue weighted by Crippen LogP contribution is -2.14. The van der Waals surface area contributed by atoms with Crippen LogP contribution in [0.15, 0.2) is 52.2 Å². The van der Waals surface area contributed by atoms with Gasteiger partial charge < -0.3 is 5.32 Å². The molecule has 1 amide bonds. The van der Waals surface area contributed by atoms with E-state index in [1.54, 1.807) is 18.2 Å². The van der Waals surface area contributed by atoms with Gasteiger partial charge in [-0.2, -0.15) is 0 Å². The molecular formula is C18H14Cl2N2OS2. The average Bonchev–Trinajstić information content (AvgIpc) is 3.06. The summed E-state index contributed by atoms with van der Waals surface area (Å²) in [7, 11) is 0. The SMILES string of the molecule is Cc1ccc(-c2csc(SCC(=O)Nc3c(Cl)cccc3Cl)n2)cc1. The number of hydrogen-bond donors (Lipinski definition) is 1. The molecule has 0 saturated carbocycles. The minimum Gasteiger partial charge on any atom is -0.323 e. The van der Waals surface area contributed by atoms with Gasteiger partial charge in [0.05, 0.1) is 27.2 Å². The maximum atomic E-state index is 12.1. The van der Waals surface area contributed by atoms with E-state index in [1.165, 1.54) is 28.7 Å². The highest BCUT2D eigenvalue weighted by Crippen LogP contribution is 2.31. The first-order valence-electron chi connectivity index (χ1n) is 7.42. The molecule has 0 aliphatic carbocycles. The molecule has 1 heterocycles. The third kappa shape index (κ3) is 4.76. The smallest absolute Gasteiger partial charge is 0.234 e. The standard InChI is InChI=1S/C18H14Cl2N2OS2/c1-11-5-7-12(8-6-11)15-9-24-18(21-15)25-10-16(23)22-17-13(19)3-2-4-14(17)20/h2-9H,10H2,1H3,(H,22,23). The second-order valence-corrected chi connectivity index (χ2v) is 8.19. The van der Waals surface area contributed by atoms with Gasteiger partial charge in [0.25, 0.3) is 0 Å². The normalized spacial score (nSPS) is 10.7. The van der Waals surface area contributed by atoms with Crippen molar-refractivity contribution in [2.24, 2.45) is 0 Å². The molecule has 3 nitrogen and oxygen atoms in total. The summed E-state index contributed by atoms with van der Waals surface area (Å²) < 4.78 is 0.844. The molecule has 3 aromatic rings. The Morgan fingerprint density at radius 1 is 1.16 bits per heavy atom. The van der Waals surface area contributed by atoms with Crippen molar-refractivity contribution < 1.29 is 4.79 Å². The Kier molecular flexibility index (Phi) is 6.02. The summed E-state index contributed by atoms with van der Waals surface area (Å²) in [6, 6.07) is 13.3. The van der Waals surface area contributed by atoms with E-state index in [-0.39, 0.29) is 11.7 Å². The van der Waals surface area contributed by atoms with E-state index in [0.717, 1.165) is 15.6 Å². The highest BCUT2D eigenvalue weighted by atomic mass is 35.5. The molecule has 0 fully saturated rings. The van der Waals surface area contributed by atoms with E-state index in [4.69, 9.17) is 23.2 Å². The van der Waals surface area contributed by atoms with E-state index < -0.39 is 0 Å². The predicted molar refractivity (Wildman–Crippen MR) is 108 cm³/mol. The van der Waals surface area contributed by atoms with Crippen LogP contribution in [0.25, 0.3) is 11.3 Å². The minimum absolute atomic E-state index is 0.174. The highest BCUT2D eigenvalue weighted by molar-refractivity contribution is 8.01. The zero-order chi connectivity index (χ0) is 17.8. The molecule has 0 aliphatic rings. The lowest BCUT2D eigenvalue weighted by Gasteiger charge is -2.08. The second kappa shape index (κ2) is 8.23. The van der Waals surface area contributed by atoms with Gasteiger partial charge in [-0.1, -0.05) is 70.9 Å². The van der Waals surface area contributed by atoms with Crippen molar-refractivity contribution in [2.75, 3.05) is 11.1 Å². The van der Waals surface area contributed by atoms with E-state index in [9.17, 15) is 4.79 Å². The summed E-state index contributed by atoms with van der Waals surface area (Å²) in [5, 5.41) is 5.58. The molecule has 3 rings (SSSR count). The second-order valence-electron chi connectivity index (χ2n) is 5.30. The Balaban J connectivity index is 1.60. The van der Waals surface area contributed by atoms with Crippen molar-refractivity contribution in [3.8, 4) is 11.3 Å². The molecule has 128 valence electrons. The Bertz CT molecular complexity index is 874. The van der Waals surface area contributed by atoms with Crippen LogP contribution in [0.2, 0.25) is 10.0 Å². The fraction of sp³-hybridized carbons (Fsp3) is 0.111. The number of para-hydroxylation sites is 1. The van der Waals surface area contributed by atoms with Gasteiger partial charge >= 0.3 is 0 Å². The van der Waals surface area contributed by atoms with Crippen LogP contribution in [-0.4, -0.2) is 16.6 Å². The molecule has 0 radical (unpaired) electrons. The highest BCUT2D eigenvalue weighted by Gasteiger charge is 2.11. The predicted octanol–water partition coefficient (Wildman–Crippen LogP) is 6.16. The number of thioether (sulfide) groups is 1. The molecule has 7 heteroatoms. The number of aromatic nitrogens is 1. The third-order valence-corrected chi connectivity index (χ3v) is 6.04. The van der Waals surface area contributed by atoms with Crippen molar-refractivity contribution in [3.63, 3.8) is 0 Å². The van der Waals surface area contributed by atoms with E-state index in [1.807, 2.05) is 17.5 Å². The maximum Gasteiger partial charge on any atom is 0.234 e. The molecular weight excluding hydrogens is 395 g/mol. The first kappa shape index (κ1) is 18.3. The lowest BCUT2D eigenvalue weighted by molar-refractivity contribution is -0.113. The molecule has 0 atom stereocenters. The van der Waals surface area contributed by atoms with Crippen LogP contribution in [-0.2, 0) is 4.79 Å². The number of nitrogens with zero attached hydrogens (tertiary/aromatic N) is 1. The van der Waals surface area contributed by atoms with Gasteiger partial charge in [0.1, 0.15) is 0 Å². The van der Waals surface area contributed by atoms with Gasteiger partial charge in [0, 0.05) is 10.9 Å². The number of rotatable bonds is 5. The topological polar surface area (TPSA) is 42.0 Å². The van der Waals surface area contributed by atoms with Crippen molar-refractivity contribution in [1.82, 2.24) is 4.98 Å². The number of benzene rings is 2. The van der Waals surface area contributed by atoms with Gasteiger partial charge in [0.2, 0.25) is 5.91 Å². The molecule has 0 spiro atoms. The van der Waals surface area contributed by atoms with Crippen LogP contribution < -0.4 is 5.32 Å². The lowest BCUT2D eigenvalue weighted by atomic mass is 10.1. The van der Waals surface area contributed by atoms with Crippen LogP contribution in [0, 0.1) is 6.92 Å². The number of nitrogens with one attached hydrogen (secondary N) is 1. The molecule has 0 bridgehead atoms. The fourth-order valence-electron chi connectivity index (χ4n) is 2.10. The Morgan fingerprint density at radius 3 is 2.52 bits per heavy atom. The molecule has 1 aromatic heterocycles. The van der Waals surface area contributed by atoms with Crippen molar-refractivity contribution >= 4 is 57.9 Å². The number of carbonyl (C=O) groups is 1. The molecule has 1 N–H and O–H groups in total. The zero-order valence-electron chi connectivity index (χ0n) is 13.3. The van der Waals surface area contributed by atoms with Crippen LogP contribution in [0.5, 0.6) is 0 Å². The average molecular weight is 409 g/mol. The Morgan fingerprint density at radius 2 is 1.84 bits per heavy atom. The van der Waals surface area contributed by atoms with Crippen LogP contribution >= 0.6 is 46.3 Å². The minimum atomic E-state index is -0.174. The van der Waals surface area contributed by atoms with Crippen LogP contribution in [0.4, 0.5) is 5.69 Å². The molecule has 0 unspecified atom stereocenters. The van der Waals surface area contributed by atoms with Crippen molar-refractivity contribution in [1.29, 1.82) is 0 Å². The maximum absolute atomic E-state index is 12.1. The number of hydrogen-bond acceptors (Lipinski definition) is 4. The quantitative estimate of drug-likeness (QED) is 0.514. The molecule has 25 heavy (non-hydrogen) atoms. The van der Waals surface area contributed by atoms with Gasteiger partial charge in [-0.05, 0) is 19.1 Å². The number of halogens is 2.